The molecular weight excluding hydrogens is 332 g/mol. The van der Waals surface area contributed by atoms with Crippen LogP contribution in [0.4, 0.5) is 0 Å². The summed E-state index contributed by atoms with van der Waals surface area (Å²) in [5.74, 6) is 0.417. The maximum absolute atomic E-state index is 12.1. The Morgan fingerprint density at radius 2 is 2.00 bits per heavy atom. The highest BCUT2D eigenvalue weighted by atomic mass is 16.2. The smallest absolute Gasteiger partial charge is 0.313 e. The first-order valence-corrected chi connectivity index (χ1v) is 8.33. The number of hydrogen-bond acceptors (Lipinski definition) is 5. The lowest BCUT2D eigenvalue weighted by Gasteiger charge is -2.05. The number of aromatic amines is 2. The van der Waals surface area contributed by atoms with E-state index in [-0.39, 0.29) is 0 Å². The van der Waals surface area contributed by atoms with Crippen molar-refractivity contribution in [3.63, 3.8) is 0 Å². The van der Waals surface area contributed by atoms with Gasteiger partial charge in [-0.25, -0.2) is 14.3 Å². The first-order valence-electron chi connectivity index (χ1n) is 8.33. The van der Waals surface area contributed by atoms with E-state index < -0.39 is 11.2 Å². The predicted octanol–water partition coefficient (Wildman–Crippen LogP) is 1.71. The van der Waals surface area contributed by atoms with Gasteiger partial charge in [-0.05, 0) is 37.0 Å². The van der Waals surface area contributed by atoms with Gasteiger partial charge in [0.1, 0.15) is 5.69 Å². The molecule has 0 amide bonds. The summed E-state index contributed by atoms with van der Waals surface area (Å²) < 4.78 is 1.69. The molecule has 0 radical (unpaired) electrons. The summed E-state index contributed by atoms with van der Waals surface area (Å²) in [6.45, 7) is 0. The number of pyridine rings is 1. The third kappa shape index (κ3) is 2.43. The Bertz CT molecular complexity index is 1230. The van der Waals surface area contributed by atoms with Crippen LogP contribution in [0, 0.1) is 0 Å². The number of hydrogen-bond donors (Lipinski definition) is 2. The second-order valence-electron chi connectivity index (χ2n) is 6.35. The molecule has 5 rings (SSSR count). The number of fused-ring (bicyclic) bond motifs is 1. The SMILES string of the molecule is O=c1[nH]cc(-c2cc(C3CC3)c3nc(-c4ccccn4)cn3n2)c(=O)[nH]1. The highest BCUT2D eigenvalue weighted by molar-refractivity contribution is 5.66. The van der Waals surface area contributed by atoms with E-state index in [0.29, 0.717) is 17.2 Å². The fourth-order valence-corrected chi connectivity index (χ4v) is 3.07. The lowest BCUT2D eigenvalue weighted by molar-refractivity contribution is 0.913. The lowest BCUT2D eigenvalue weighted by atomic mass is 10.1. The molecule has 0 saturated heterocycles. The van der Waals surface area contributed by atoms with Gasteiger partial charge in [-0.15, -0.1) is 0 Å². The van der Waals surface area contributed by atoms with Gasteiger partial charge in [-0.2, -0.15) is 5.10 Å². The fourth-order valence-electron chi connectivity index (χ4n) is 3.07. The molecule has 8 heteroatoms. The van der Waals surface area contributed by atoms with Crippen LogP contribution in [0.25, 0.3) is 28.3 Å². The summed E-state index contributed by atoms with van der Waals surface area (Å²) in [6.07, 6.45) is 7.11. The Morgan fingerprint density at radius 1 is 1.12 bits per heavy atom. The van der Waals surface area contributed by atoms with E-state index in [4.69, 9.17) is 4.98 Å². The highest BCUT2D eigenvalue weighted by Gasteiger charge is 2.28. The predicted molar refractivity (Wildman–Crippen MR) is 94.9 cm³/mol. The summed E-state index contributed by atoms with van der Waals surface area (Å²) in [5, 5.41) is 4.54. The molecule has 4 aromatic rings. The number of aromatic nitrogens is 6. The minimum absolute atomic E-state index is 0.321. The van der Waals surface area contributed by atoms with Gasteiger partial charge in [-0.3, -0.25) is 14.8 Å². The molecule has 26 heavy (non-hydrogen) atoms. The zero-order valence-corrected chi connectivity index (χ0v) is 13.6. The summed E-state index contributed by atoms with van der Waals surface area (Å²) in [4.78, 5) is 37.2. The largest absolute Gasteiger partial charge is 0.325 e. The first kappa shape index (κ1) is 14.8. The Balaban J connectivity index is 1.74. The first-order chi connectivity index (χ1) is 12.7. The molecule has 0 spiro atoms. The van der Waals surface area contributed by atoms with Crippen molar-refractivity contribution in [1.29, 1.82) is 0 Å². The molecule has 1 aliphatic carbocycles. The lowest BCUT2D eigenvalue weighted by Crippen LogP contribution is -2.23. The van der Waals surface area contributed by atoms with Crippen LogP contribution in [0.5, 0.6) is 0 Å². The van der Waals surface area contributed by atoms with E-state index in [2.05, 4.69) is 20.1 Å². The van der Waals surface area contributed by atoms with Gasteiger partial charge in [-0.1, -0.05) is 6.07 Å². The molecule has 1 aliphatic rings. The quantitative estimate of drug-likeness (QED) is 0.587. The summed E-state index contributed by atoms with van der Waals surface area (Å²) >= 11 is 0. The van der Waals surface area contributed by atoms with Crippen LogP contribution in [-0.4, -0.2) is 29.5 Å². The molecule has 0 unspecified atom stereocenters. The molecule has 0 aromatic carbocycles. The standard InChI is InChI=1S/C18H14N6O2/c25-17-12(8-20-18(26)22-17)14-7-11(10-4-5-10)16-21-15(9-24(16)23-14)13-3-1-2-6-19-13/h1-3,6-10H,4-5H2,(H2,20,22,25,26). The normalized spacial score (nSPS) is 14.0. The van der Waals surface area contributed by atoms with Crippen LogP contribution >= 0.6 is 0 Å². The molecule has 0 atom stereocenters. The summed E-state index contributed by atoms with van der Waals surface area (Å²) in [6, 6.07) is 7.55. The average Bonchev–Trinajstić information content (AvgIpc) is 3.40. The molecule has 2 N–H and O–H groups in total. The van der Waals surface area contributed by atoms with Gasteiger partial charge in [0.2, 0.25) is 0 Å². The molecular formula is C18H14N6O2. The Hall–Kier alpha value is -3.55. The van der Waals surface area contributed by atoms with E-state index in [0.717, 1.165) is 35.4 Å². The number of imidazole rings is 1. The van der Waals surface area contributed by atoms with Crippen LogP contribution < -0.4 is 11.2 Å². The third-order valence-electron chi connectivity index (χ3n) is 4.49. The number of nitrogens with one attached hydrogen (secondary N) is 2. The van der Waals surface area contributed by atoms with Crippen LogP contribution in [0.2, 0.25) is 0 Å². The van der Waals surface area contributed by atoms with Crippen LogP contribution in [0.15, 0.2) is 52.4 Å². The second-order valence-corrected chi connectivity index (χ2v) is 6.35. The van der Waals surface area contributed by atoms with Crippen LogP contribution in [0.1, 0.15) is 24.3 Å². The number of H-pyrrole nitrogens is 2. The van der Waals surface area contributed by atoms with Crippen molar-refractivity contribution in [2.24, 2.45) is 0 Å². The minimum atomic E-state index is -0.540. The zero-order valence-electron chi connectivity index (χ0n) is 13.6. The van der Waals surface area contributed by atoms with Gasteiger partial charge in [0, 0.05) is 18.0 Å². The van der Waals surface area contributed by atoms with E-state index in [1.54, 1.807) is 10.7 Å². The molecule has 0 bridgehead atoms. The van der Waals surface area contributed by atoms with Gasteiger partial charge in [0.15, 0.2) is 5.65 Å². The Kier molecular flexibility index (Phi) is 3.11. The van der Waals surface area contributed by atoms with Crippen molar-refractivity contribution in [1.82, 2.24) is 29.5 Å². The van der Waals surface area contributed by atoms with Crippen molar-refractivity contribution < 1.29 is 0 Å². The molecule has 4 aromatic heterocycles. The van der Waals surface area contributed by atoms with E-state index in [1.165, 1.54) is 6.20 Å². The van der Waals surface area contributed by atoms with Gasteiger partial charge >= 0.3 is 5.69 Å². The van der Waals surface area contributed by atoms with Crippen molar-refractivity contribution in [3.05, 3.63) is 69.3 Å². The summed E-state index contributed by atoms with van der Waals surface area (Å²) in [7, 11) is 0. The van der Waals surface area contributed by atoms with Crippen molar-refractivity contribution in [2.45, 2.75) is 18.8 Å². The monoisotopic (exact) mass is 346 g/mol. The number of nitrogens with zero attached hydrogens (tertiary/aromatic N) is 4. The second kappa shape index (κ2) is 5.48. The third-order valence-corrected chi connectivity index (χ3v) is 4.49. The van der Waals surface area contributed by atoms with Gasteiger partial charge < -0.3 is 4.98 Å². The van der Waals surface area contributed by atoms with Gasteiger partial charge in [0.05, 0.1) is 23.1 Å². The highest BCUT2D eigenvalue weighted by Crippen LogP contribution is 2.42. The topological polar surface area (TPSA) is 109 Å². The molecule has 128 valence electrons. The molecule has 4 heterocycles. The maximum Gasteiger partial charge on any atom is 0.325 e. The van der Waals surface area contributed by atoms with E-state index in [9.17, 15) is 9.59 Å². The fraction of sp³-hybridized carbons (Fsp3) is 0.167. The molecule has 0 aliphatic heterocycles. The van der Waals surface area contributed by atoms with Crippen LogP contribution in [-0.2, 0) is 0 Å². The van der Waals surface area contributed by atoms with Crippen molar-refractivity contribution >= 4 is 5.65 Å². The molecule has 8 nitrogen and oxygen atoms in total. The van der Waals surface area contributed by atoms with E-state index in [1.807, 2.05) is 30.5 Å². The minimum Gasteiger partial charge on any atom is -0.313 e. The summed E-state index contributed by atoms with van der Waals surface area (Å²) in [5.41, 5.74) is 3.15. The molecule has 1 fully saturated rings. The maximum atomic E-state index is 12.1. The van der Waals surface area contributed by atoms with Crippen molar-refractivity contribution in [2.75, 3.05) is 0 Å². The molecule has 1 saturated carbocycles. The van der Waals surface area contributed by atoms with E-state index >= 15 is 0 Å². The van der Waals surface area contributed by atoms with Gasteiger partial charge in [0.25, 0.3) is 5.56 Å². The Morgan fingerprint density at radius 3 is 2.73 bits per heavy atom. The van der Waals surface area contributed by atoms with Crippen molar-refractivity contribution in [3.8, 4) is 22.6 Å². The average molecular weight is 346 g/mol. The zero-order chi connectivity index (χ0) is 17.7. The van der Waals surface area contributed by atoms with Crippen LogP contribution in [0.3, 0.4) is 0 Å². The Labute approximate surface area is 146 Å². The number of rotatable bonds is 3.